The number of ether oxygens (including phenoxy) is 2. The molecule has 0 aromatic rings. The van der Waals surface area contributed by atoms with Crippen LogP contribution < -0.4 is 5.32 Å². The Labute approximate surface area is 209 Å². The van der Waals surface area contributed by atoms with Crippen molar-refractivity contribution in [3.8, 4) is 0 Å². The maximum absolute atomic E-state index is 12.8. The Morgan fingerprint density at radius 2 is 1.86 bits per heavy atom. The Morgan fingerprint density at radius 3 is 2.60 bits per heavy atom. The van der Waals surface area contributed by atoms with Gasteiger partial charge in [0.05, 0.1) is 18.8 Å². The third-order valence-electron chi connectivity index (χ3n) is 11.6. The lowest BCUT2D eigenvalue weighted by Gasteiger charge is -2.64. The van der Waals surface area contributed by atoms with Crippen molar-refractivity contribution < 1.29 is 24.2 Å². The molecule has 2 aliphatic heterocycles. The van der Waals surface area contributed by atoms with Crippen molar-refractivity contribution in [1.29, 1.82) is 0 Å². The van der Waals surface area contributed by atoms with Gasteiger partial charge in [0.1, 0.15) is 6.61 Å². The van der Waals surface area contributed by atoms with Crippen LogP contribution in [0.25, 0.3) is 0 Å². The van der Waals surface area contributed by atoms with E-state index in [0.717, 1.165) is 63.4 Å². The fourth-order valence-corrected chi connectivity index (χ4v) is 9.57. The Bertz CT molecular complexity index is 915. The van der Waals surface area contributed by atoms with E-state index in [1.807, 2.05) is 4.90 Å². The molecule has 2 amide bonds. The van der Waals surface area contributed by atoms with Crippen LogP contribution in [0.2, 0.25) is 0 Å². The van der Waals surface area contributed by atoms with E-state index in [1.54, 1.807) is 6.08 Å². The molecule has 2 N–H and O–H groups in total. The topological polar surface area (TPSA) is 88.1 Å². The lowest BCUT2D eigenvalue weighted by molar-refractivity contribution is -0.204. The van der Waals surface area contributed by atoms with Crippen LogP contribution >= 0.6 is 0 Å². The Kier molecular flexibility index (Phi) is 5.76. The van der Waals surface area contributed by atoms with Crippen LogP contribution in [0.5, 0.6) is 0 Å². The molecule has 2 heterocycles. The fraction of sp³-hybridized carbons (Fsp3) is 0.857. The largest absolute Gasteiger partial charge is 0.458 e. The van der Waals surface area contributed by atoms with Crippen molar-refractivity contribution in [1.82, 2.24) is 10.2 Å². The number of nitrogens with zero attached hydrogens (tertiary/aromatic N) is 1. The van der Waals surface area contributed by atoms with Gasteiger partial charge in [-0.05, 0) is 92.4 Å². The molecule has 0 aromatic carbocycles. The number of hydrogen-bond donors (Lipinski definition) is 2. The van der Waals surface area contributed by atoms with Crippen LogP contribution in [-0.4, -0.2) is 66.6 Å². The van der Waals surface area contributed by atoms with Crippen molar-refractivity contribution >= 4 is 12.0 Å². The molecule has 0 aromatic heterocycles. The molecule has 0 bridgehead atoms. The summed E-state index contributed by atoms with van der Waals surface area (Å²) in [6, 6.07) is 0.318. The molecule has 1 saturated heterocycles. The van der Waals surface area contributed by atoms with Gasteiger partial charge in [0.2, 0.25) is 0 Å². The average molecular weight is 487 g/mol. The second-order valence-electron chi connectivity index (χ2n) is 12.8. The van der Waals surface area contributed by atoms with Gasteiger partial charge < -0.3 is 24.8 Å². The Hall–Kier alpha value is -1.60. The van der Waals surface area contributed by atoms with Gasteiger partial charge in [0.25, 0.3) is 0 Å². The molecule has 7 heteroatoms. The maximum atomic E-state index is 12.8. The molecule has 0 spiro atoms. The van der Waals surface area contributed by atoms with Gasteiger partial charge in [-0.2, -0.15) is 0 Å². The maximum Gasteiger partial charge on any atom is 0.331 e. The fourth-order valence-electron chi connectivity index (χ4n) is 9.57. The van der Waals surface area contributed by atoms with E-state index in [1.165, 1.54) is 0 Å². The van der Waals surface area contributed by atoms with E-state index >= 15 is 0 Å². The SMILES string of the molecule is C[C@]12CC[C@H](NC(=O)N3CCOCC3)C[C@H]1CC[C@@H]1[C@@H]2CC[C@]2(C)[C@@H](C3=CC(=O)OC3)CC[C@]12O. The van der Waals surface area contributed by atoms with E-state index in [9.17, 15) is 14.7 Å². The molecule has 4 saturated carbocycles. The number of nitrogens with one attached hydrogen (secondary N) is 1. The highest BCUT2D eigenvalue weighted by Gasteiger charge is 2.67. The molecule has 4 aliphatic carbocycles. The zero-order valence-corrected chi connectivity index (χ0v) is 21.4. The number of cyclic esters (lactones) is 1. The van der Waals surface area contributed by atoms with Crippen LogP contribution in [0.4, 0.5) is 4.79 Å². The number of aliphatic hydroxyl groups is 1. The second kappa shape index (κ2) is 8.47. The van der Waals surface area contributed by atoms with Crippen LogP contribution in [0.1, 0.15) is 71.6 Å². The van der Waals surface area contributed by atoms with E-state index in [4.69, 9.17) is 9.47 Å². The predicted molar refractivity (Wildman–Crippen MR) is 130 cm³/mol. The van der Waals surface area contributed by atoms with Crippen molar-refractivity contribution in [3.05, 3.63) is 11.6 Å². The number of carbonyl (C=O) groups is 2. The Balaban J connectivity index is 1.16. The predicted octanol–water partition coefficient (Wildman–Crippen LogP) is 3.65. The molecule has 0 radical (unpaired) electrons. The average Bonchev–Trinajstić information content (AvgIpc) is 3.39. The van der Waals surface area contributed by atoms with Crippen LogP contribution in [0.3, 0.4) is 0 Å². The molecule has 8 atom stereocenters. The summed E-state index contributed by atoms with van der Waals surface area (Å²) in [6.07, 6.45) is 11.1. The summed E-state index contributed by atoms with van der Waals surface area (Å²) in [5, 5.41) is 15.7. The highest BCUT2D eigenvalue weighted by Crippen LogP contribution is 2.69. The lowest BCUT2D eigenvalue weighted by atomic mass is 9.43. The van der Waals surface area contributed by atoms with Crippen molar-refractivity contribution in [3.63, 3.8) is 0 Å². The molecular formula is C28H42N2O5. The monoisotopic (exact) mass is 486 g/mol. The molecule has 0 unspecified atom stereocenters. The molecule has 6 rings (SSSR count). The third kappa shape index (κ3) is 3.58. The summed E-state index contributed by atoms with van der Waals surface area (Å²) in [5.41, 5.74) is 0.482. The van der Waals surface area contributed by atoms with Gasteiger partial charge in [-0.25, -0.2) is 9.59 Å². The lowest BCUT2D eigenvalue weighted by Crippen LogP contribution is -2.63. The van der Waals surface area contributed by atoms with Crippen LogP contribution in [0, 0.1) is 34.5 Å². The minimum absolute atomic E-state index is 0.0685. The standard InChI is InChI=1S/C28H42N2O5/c1-26-8-5-20(29-25(32)30-11-13-34-14-12-30)16-19(26)3-4-23-22(26)6-9-27(2)21(7-10-28(23,27)33)18-15-24(31)35-17-18/h15,19-23,33H,3-14,16-17H2,1-2H3,(H,29,32)/t19-,20+,21-,22+,23-,26+,27-,28+/m1/s1. The van der Waals surface area contributed by atoms with Crippen LogP contribution in [-0.2, 0) is 14.3 Å². The Morgan fingerprint density at radius 1 is 1.06 bits per heavy atom. The summed E-state index contributed by atoms with van der Waals surface area (Å²) in [6.45, 7) is 7.80. The third-order valence-corrected chi connectivity index (χ3v) is 11.6. The zero-order valence-electron chi connectivity index (χ0n) is 21.4. The highest BCUT2D eigenvalue weighted by molar-refractivity contribution is 5.85. The summed E-state index contributed by atoms with van der Waals surface area (Å²) in [7, 11) is 0. The van der Waals surface area contributed by atoms with Gasteiger partial charge in [0.15, 0.2) is 0 Å². The second-order valence-corrected chi connectivity index (χ2v) is 12.8. The first-order chi connectivity index (χ1) is 16.7. The van der Waals surface area contributed by atoms with E-state index in [-0.39, 0.29) is 34.8 Å². The van der Waals surface area contributed by atoms with E-state index in [2.05, 4.69) is 19.2 Å². The summed E-state index contributed by atoms with van der Waals surface area (Å²) in [5.74, 6) is 1.48. The molecule has 7 nitrogen and oxygen atoms in total. The molecule has 6 aliphatic rings. The molecule has 35 heavy (non-hydrogen) atoms. The quantitative estimate of drug-likeness (QED) is 0.582. The summed E-state index contributed by atoms with van der Waals surface area (Å²) >= 11 is 0. The van der Waals surface area contributed by atoms with Crippen molar-refractivity contribution in [2.75, 3.05) is 32.9 Å². The molecule has 5 fully saturated rings. The number of amides is 2. The van der Waals surface area contributed by atoms with Gasteiger partial charge in [-0.3, -0.25) is 0 Å². The van der Waals surface area contributed by atoms with Crippen molar-refractivity contribution in [2.24, 2.45) is 34.5 Å². The van der Waals surface area contributed by atoms with E-state index in [0.29, 0.717) is 50.7 Å². The minimum Gasteiger partial charge on any atom is -0.458 e. The number of carbonyl (C=O) groups excluding carboxylic acids is 2. The van der Waals surface area contributed by atoms with E-state index < -0.39 is 5.60 Å². The summed E-state index contributed by atoms with van der Waals surface area (Å²) in [4.78, 5) is 26.4. The van der Waals surface area contributed by atoms with Gasteiger partial charge in [-0.1, -0.05) is 13.8 Å². The van der Waals surface area contributed by atoms with Gasteiger partial charge in [-0.15, -0.1) is 0 Å². The minimum atomic E-state index is -0.664. The number of hydrogen-bond acceptors (Lipinski definition) is 5. The van der Waals surface area contributed by atoms with Crippen LogP contribution in [0.15, 0.2) is 11.6 Å². The van der Waals surface area contributed by atoms with Crippen molar-refractivity contribution in [2.45, 2.75) is 83.3 Å². The van der Waals surface area contributed by atoms with Gasteiger partial charge >= 0.3 is 12.0 Å². The molecule has 194 valence electrons. The first-order valence-electron chi connectivity index (χ1n) is 14.0. The first-order valence-corrected chi connectivity index (χ1v) is 14.0. The highest BCUT2D eigenvalue weighted by atomic mass is 16.5. The number of morpholine rings is 1. The summed E-state index contributed by atoms with van der Waals surface area (Å²) < 4.78 is 10.6. The number of fused-ring (bicyclic) bond motifs is 5. The first kappa shape index (κ1) is 23.8. The smallest absolute Gasteiger partial charge is 0.331 e. The van der Waals surface area contributed by atoms with Gasteiger partial charge in [0, 0.05) is 30.6 Å². The zero-order chi connectivity index (χ0) is 24.4. The number of urea groups is 1. The molecular weight excluding hydrogens is 444 g/mol. The normalized spacial score (nSPS) is 47.3. The number of rotatable bonds is 2. The number of esters is 1.